The predicted molar refractivity (Wildman–Crippen MR) is 109 cm³/mol. The Hall–Kier alpha value is -3.53. The third-order valence-corrected chi connectivity index (χ3v) is 5.09. The topological polar surface area (TPSA) is 47.6 Å². The van der Waals surface area contributed by atoms with Crippen molar-refractivity contribution in [3.8, 4) is 11.5 Å². The number of rotatable bonds is 5. The van der Waals surface area contributed by atoms with Crippen molar-refractivity contribution >= 4 is 11.5 Å². The van der Waals surface area contributed by atoms with Gasteiger partial charge in [-0.2, -0.15) is 0 Å². The Kier molecular flexibility index (Phi) is 4.62. The summed E-state index contributed by atoms with van der Waals surface area (Å²) in [6, 6.07) is 25.6. The molecule has 0 radical (unpaired) electrons. The fourth-order valence-corrected chi connectivity index (χ4v) is 3.84. The van der Waals surface area contributed by atoms with E-state index in [0.717, 1.165) is 22.3 Å². The first-order chi connectivity index (χ1) is 13.7. The van der Waals surface area contributed by atoms with E-state index in [1.165, 1.54) is 0 Å². The van der Waals surface area contributed by atoms with Crippen molar-refractivity contribution in [1.29, 1.82) is 0 Å². The van der Waals surface area contributed by atoms with Crippen LogP contribution in [0.1, 0.15) is 16.7 Å². The second kappa shape index (κ2) is 7.24. The van der Waals surface area contributed by atoms with Gasteiger partial charge < -0.3 is 14.8 Å². The molecule has 0 aliphatic carbocycles. The zero-order valence-electron chi connectivity index (χ0n) is 15.8. The largest absolute Gasteiger partial charge is 0.497 e. The quantitative estimate of drug-likeness (QED) is 0.733. The van der Waals surface area contributed by atoms with Gasteiger partial charge in [0.2, 0.25) is 5.91 Å². The van der Waals surface area contributed by atoms with E-state index >= 15 is 0 Å². The van der Waals surface area contributed by atoms with E-state index in [-0.39, 0.29) is 5.91 Å². The van der Waals surface area contributed by atoms with Crippen LogP contribution in [0.15, 0.2) is 84.9 Å². The number of hydrogen-bond donors (Lipinski definition) is 1. The molecule has 3 aromatic rings. The van der Waals surface area contributed by atoms with Gasteiger partial charge in [0.1, 0.15) is 17.0 Å². The van der Waals surface area contributed by atoms with Gasteiger partial charge in [0.05, 0.1) is 14.2 Å². The maximum absolute atomic E-state index is 12.7. The molecule has 1 aliphatic heterocycles. The highest BCUT2D eigenvalue weighted by Gasteiger charge is 2.46. The van der Waals surface area contributed by atoms with Gasteiger partial charge in [-0.15, -0.1) is 0 Å². The Labute approximate surface area is 164 Å². The van der Waals surface area contributed by atoms with Crippen LogP contribution in [-0.4, -0.2) is 20.1 Å². The fourth-order valence-electron chi connectivity index (χ4n) is 3.84. The molecule has 0 spiro atoms. The molecular weight excluding hydrogens is 350 g/mol. The first-order valence-corrected chi connectivity index (χ1v) is 9.07. The molecule has 4 rings (SSSR count). The maximum Gasteiger partial charge on any atom is 0.245 e. The van der Waals surface area contributed by atoms with Crippen molar-refractivity contribution in [3.05, 3.63) is 102 Å². The van der Waals surface area contributed by atoms with Crippen LogP contribution < -0.4 is 14.8 Å². The summed E-state index contributed by atoms with van der Waals surface area (Å²) in [5.41, 5.74) is 2.80. The maximum atomic E-state index is 12.7. The van der Waals surface area contributed by atoms with Gasteiger partial charge in [0.25, 0.3) is 0 Å². The van der Waals surface area contributed by atoms with Crippen LogP contribution in [0.2, 0.25) is 0 Å². The summed E-state index contributed by atoms with van der Waals surface area (Å²) in [5, 5.41) is 3.21. The number of hydrogen-bond acceptors (Lipinski definition) is 3. The van der Waals surface area contributed by atoms with E-state index in [0.29, 0.717) is 11.5 Å². The minimum absolute atomic E-state index is 0.138. The summed E-state index contributed by atoms with van der Waals surface area (Å²) in [7, 11) is 3.24. The Morgan fingerprint density at radius 1 is 0.821 bits per heavy atom. The van der Waals surface area contributed by atoms with Crippen molar-refractivity contribution in [2.45, 2.75) is 5.54 Å². The van der Waals surface area contributed by atoms with Crippen molar-refractivity contribution in [3.63, 3.8) is 0 Å². The smallest absolute Gasteiger partial charge is 0.245 e. The first kappa shape index (κ1) is 17.9. The zero-order valence-corrected chi connectivity index (χ0v) is 15.8. The molecule has 3 aromatic carbocycles. The van der Waals surface area contributed by atoms with Gasteiger partial charge in [0, 0.05) is 17.7 Å². The molecule has 0 saturated heterocycles. The van der Waals surface area contributed by atoms with Gasteiger partial charge in [-0.1, -0.05) is 60.7 Å². The number of amides is 1. The van der Waals surface area contributed by atoms with Gasteiger partial charge in [0.15, 0.2) is 0 Å². The third kappa shape index (κ3) is 2.83. The van der Waals surface area contributed by atoms with Gasteiger partial charge in [-0.3, -0.25) is 4.79 Å². The molecule has 140 valence electrons. The summed E-state index contributed by atoms with van der Waals surface area (Å²) >= 11 is 0. The van der Waals surface area contributed by atoms with Gasteiger partial charge in [-0.05, 0) is 28.8 Å². The number of ether oxygens (including phenoxy) is 2. The van der Waals surface area contributed by atoms with Crippen LogP contribution in [0.5, 0.6) is 11.5 Å². The lowest BCUT2D eigenvalue weighted by molar-refractivity contribution is -0.116. The number of carbonyl (C=O) groups excluding carboxylic acids is 1. The average Bonchev–Trinajstić information content (AvgIpc) is 3.12. The Morgan fingerprint density at radius 2 is 1.50 bits per heavy atom. The summed E-state index contributed by atoms with van der Waals surface area (Å²) < 4.78 is 11.1. The lowest BCUT2D eigenvalue weighted by Crippen LogP contribution is -2.42. The molecular formula is C24H21NO3. The van der Waals surface area contributed by atoms with E-state index < -0.39 is 5.54 Å². The molecule has 1 unspecified atom stereocenters. The second-order valence-corrected chi connectivity index (χ2v) is 6.60. The predicted octanol–water partition coefficient (Wildman–Crippen LogP) is 4.16. The van der Waals surface area contributed by atoms with E-state index in [1.807, 2.05) is 78.9 Å². The van der Waals surface area contributed by atoms with E-state index in [9.17, 15) is 4.79 Å². The van der Waals surface area contributed by atoms with Crippen molar-refractivity contribution < 1.29 is 14.3 Å². The Morgan fingerprint density at radius 3 is 2.14 bits per heavy atom. The van der Waals surface area contributed by atoms with Gasteiger partial charge in [-0.25, -0.2) is 0 Å². The monoisotopic (exact) mass is 371 g/mol. The summed E-state index contributed by atoms with van der Waals surface area (Å²) in [6.07, 6.45) is 1.67. The summed E-state index contributed by atoms with van der Waals surface area (Å²) in [4.78, 5) is 12.7. The summed E-state index contributed by atoms with van der Waals surface area (Å²) in [5.74, 6) is 1.20. The zero-order chi connectivity index (χ0) is 19.6. The molecule has 1 atom stereocenters. The van der Waals surface area contributed by atoms with E-state index in [2.05, 4.69) is 5.32 Å². The molecule has 0 aromatic heterocycles. The van der Waals surface area contributed by atoms with Crippen LogP contribution in [-0.2, 0) is 10.3 Å². The molecule has 1 aliphatic rings. The number of methoxy groups -OCH3 is 2. The van der Waals surface area contributed by atoms with Crippen LogP contribution in [0.4, 0.5) is 0 Å². The minimum atomic E-state index is -0.864. The average molecular weight is 371 g/mol. The molecule has 1 heterocycles. The van der Waals surface area contributed by atoms with Gasteiger partial charge >= 0.3 is 0 Å². The minimum Gasteiger partial charge on any atom is -0.497 e. The first-order valence-electron chi connectivity index (χ1n) is 9.07. The highest BCUT2D eigenvalue weighted by Crippen LogP contribution is 2.48. The second-order valence-electron chi connectivity index (χ2n) is 6.60. The van der Waals surface area contributed by atoms with Crippen LogP contribution in [0, 0.1) is 0 Å². The number of carbonyl (C=O) groups is 1. The highest BCUT2D eigenvalue weighted by molar-refractivity contribution is 6.05. The molecule has 1 N–H and O–H groups in total. The van der Waals surface area contributed by atoms with Crippen LogP contribution in [0.25, 0.3) is 5.57 Å². The molecule has 4 nitrogen and oxygen atoms in total. The Balaban J connectivity index is 2.03. The van der Waals surface area contributed by atoms with Crippen LogP contribution >= 0.6 is 0 Å². The standard InChI is InChI=1S/C24H21NO3/c1-27-19-13-14-20(22(15-19)28-2)24(18-11-7-4-8-12-18)21(16-23(26)25-24)17-9-5-3-6-10-17/h3-16H,1-2H3,(H,25,26). The number of nitrogens with one attached hydrogen (secondary N) is 1. The lowest BCUT2D eigenvalue weighted by Gasteiger charge is -2.35. The van der Waals surface area contributed by atoms with E-state index in [1.54, 1.807) is 20.3 Å². The van der Waals surface area contributed by atoms with Crippen LogP contribution in [0.3, 0.4) is 0 Å². The Bertz CT molecular complexity index is 1030. The highest BCUT2D eigenvalue weighted by atomic mass is 16.5. The van der Waals surface area contributed by atoms with Crippen molar-refractivity contribution in [2.24, 2.45) is 0 Å². The molecule has 0 fully saturated rings. The SMILES string of the molecule is COc1ccc(C2(c3ccccc3)NC(=O)C=C2c2ccccc2)c(OC)c1. The number of benzene rings is 3. The normalized spacial score (nSPS) is 18.4. The molecule has 1 amide bonds. The molecule has 28 heavy (non-hydrogen) atoms. The molecule has 0 bridgehead atoms. The van der Waals surface area contributed by atoms with E-state index in [4.69, 9.17) is 9.47 Å². The third-order valence-electron chi connectivity index (χ3n) is 5.09. The molecule has 0 saturated carbocycles. The van der Waals surface area contributed by atoms with Crippen molar-refractivity contribution in [2.75, 3.05) is 14.2 Å². The van der Waals surface area contributed by atoms with Crippen molar-refractivity contribution in [1.82, 2.24) is 5.32 Å². The fraction of sp³-hybridized carbons (Fsp3) is 0.125. The molecule has 4 heteroatoms. The lowest BCUT2D eigenvalue weighted by atomic mass is 9.75. The summed E-state index contributed by atoms with van der Waals surface area (Å²) in [6.45, 7) is 0.